The quantitative estimate of drug-likeness (QED) is 0.721. The highest BCUT2D eigenvalue weighted by Crippen LogP contribution is 2.30. The molecule has 2 fully saturated rings. The molecule has 1 aromatic carbocycles. The fourth-order valence-corrected chi connectivity index (χ4v) is 4.06. The highest BCUT2D eigenvalue weighted by atomic mass is 16.5. The summed E-state index contributed by atoms with van der Waals surface area (Å²) in [6, 6.07) is 6.92. The van der Waals surface area contributed by atoms with Crippen LogP contribution in [0.4, 0.5) is 0 Å². The van der Waals surface area contributed by atoms with Crippen LogP contribution in [0.5, 0.6) is 5.75 Å². The normalized spacial score (nSPS) is 24.4. The van der Waals surface area contributed by atoms with Crippen molar-refractivity contribution in [2.24, 2.45) is 5.73 Å². The average Bonchev–Trinajstić information content (AvgIpc) is 2.84. The van der Waals surface area contributed by atoms with Crippen molar-refractivity contribution in [2.75, 3.05) is 46.4 Å². The molecule has 7 nitrogen and oxygen atoms in total. The van der Waals surface area contributed by atoms with E-state index in [2.05, 4.69) is 22.2 Å². The molecule has 0 aliphatic carbocycles. The second-order valence-electron chi connectivity index (χ2n) is 7.61. The number of carbonyl (C=O) groups is 2. The van der Waals surface area contributed by atoms with Crippen LogP contribution < -0.4 is 15.8 Å². The zero-order chi connectivity index (χ0) is 19.3. The van der Waals surface area contributed by atoms with Gasteiger partial charge in [-0.3, -0.25) is 14.5 Å². The zero-order valence-corrected chi connectivity index (χ0v) is 16.1. The fourth-order valence-electron chi connectivity index (χ4n) is 4.06. The van der Waals surface area contributed by atoms with E-state index in [0.717, 1.165) is 57.7 Å². The van der Waals surface area contributed by atoms with Gasteiger partial charge in [0.25, 0.3) is 0 Å². The smallest absolute Gasteiger partial charge is 0.248 e. The SMILES string of the molecule is CN1CCN(CCCOc2ccc(C(N)=O)cc2)C[C@]12CCNC(=O)CC2. The van der Waals surface area contributed by atoms with Crippen LogP contribution in [0.2, 0.25) is 0 Å². The number of nitrogens with two attached hydrogens (primary N) is 1. The predicted octanol–water partition coefficient (Wildman–Crippen LogP) is 0.841. The zero-order valence-electron chi connectivity index (χ0n) is 16.1. The number of nitrogens with zero attached hydrogens (tertiary/aromatic N) is 2. The van der Waals surface area contributed by atoms with Crippen molar-refractivity contribution in [3.05, 3.63) is 29.8 Å². The van der Waals surface area contributed by atoms with E-state index in [1.165, 1.54) is 0 Å². The van der Waals surface area contributed by atoms with Crippen LogP contribution in [-0.4, -0.2) is 73.5 Å². The minimum atomic E-state index is -0.430. The van der Waals surface area contributed by atoms with E-state index in [-0.39, 0.29) is 11.4 Å². The van der Waals surface area contributed by atoms with Gasteiger partial charge in [-0.1, -0.05) is 0 Å². The largest absolute Gasteiger partial charge is 0.494 e. The lowest BCUT2D eigenvalue weighted by molar-refractivity contribution is -0.121. The molecular weight excluding hydrogens is 344 g/mol. The summed E-state index contributed by atoms with van der Waals surface area (Å²) in [4.78, 5) is 27.7. The third-order valence-electron chi connectivity index (χ3n) is 5.84. The first-order valence-corrected chi connectivity index (χ1v) is 9.71. The van der Waals surface area contributed by atoms with Crippen LogP contribution in [0, 0.1) is 0 Å². The summed E-state index contributed by atoms with van der Waals surface area (Å²) in [5, 5.41) is 3.00. The highest BCUT2D eigenvalue weighted by molar-refractivity contribution is 5.92. The molecule has 0 bridgehead atoms. The molecule has 0 saturated carbocycles. The van der Waals surface area contributed by atoms with Gasteiger partial charge in [0.1, 0.15) is 5.75 Å². The maximum absolute atomic E-state index is 11.7. The molecule has 1 spiro atoms. The van der Waals surface area contributed by atoms with Gasteiger partial charge in [-0.15, -0.1) is 0 Å². The molecule has 148 valence electrons. The van der Waals surface area contributed by atoms with Gasteiger partial charge in [0.05, 0.1) is 6.61 Å². The lowest BCUT2D eigenvalue weighted by Crippen LogP contribution is -2.61. The molecule has 3 rings (SSSR count). The fraction of sp³-hybridized carbons (Fsp3) is 0.600. The summed E-state index contributed by atoms with van der Waals surface area (Å²) in [7, 11) is 2.19. The Morgan fingerprint density at radius 1 is 1.26 bits per heavy atom. The third kappa shape index (κ3) is 4.99. The molecule has 2 aliphatic rings. The number of hydrogen-bond donors (Lipinski definition) is 2. The Morgan fingerprint density at radius 3 is 2.78 bits per heavy atom. The van der Waals surface area contributed by atoms with Crippen molar-refractivity contribution in [3.63, 3.8) is 0 Å². The van der Waals surface area contributed by atoms with Gasteiger partial charge >= 0.3 is 0 Å². The van der Waals surface area contributed by atoms with Gasteiger partial charge in [-0.05, 0) is 50.6 Å². The topological polar surface area (TPSA) is 87.9 Å². The van der Waals surface area contributed by atoms with Crippen molar-refractivity contribution in [3.8, 4) is 5.75 Å². The molecule has 2 saturated heterocycles. The molecule has 2 amide bonds. The third-order valence-corrected chi connectivity index (χ3v) is 5.84. The van der Waals surface area contributed by atoms with E-state index in [1.54, 1.807) is 24.3 Å². The van der Waals surface area contributed by atoms with Crippen molar-refractivity contribution in [1.82, 2.24) is 15.1 Å². The van der Waals surface area contributed by atoms with Crippen molar-refractivity contribution < 1.29 is 14.3 Å². The predicted molar refractivity (Wildman–Crippen MR) is 104 cm³/mol. The number of benzene rings is 1. The molecule has 0 radical (unpaired) electrons. The number of hydrogen-bond acceptors (Lipinski definition) is 5. The van der Waals surface area contributed by atoms with E-state index >= 15 is 0 Å². The summed E-state index contributed by atoms with van der Waals surface area (Å²) in [6.45, 7) is 5.47. The van der Waals surface area contributed by atoms with Gasteiger partial charge in [-0.2, -0.15) is 0 Å². The number of amides is 2. The Balaban J connectivity index is 1.45. The number of primary amides is 1. The van der Waals surface area contributed by atoms with E-state index in [1.807, 2.05) is 0 Å². The number of carbonyl (C=O) groups excluding carboxylic acids is 2. The minimum absolute atomic E-state index is 0.100. The van der Waals surface area contributed by atoms with E-state index in [9.17, 15) is 9.59 Å². The monoisotopic (exact) mass is 374 g/mol. The van der Waals surface area contributed by atoms with Gasteiger partial charge in [-0.25, -0.2) is 0 Å². The molecule has 3 N–H and O–H groups in total. The summed E-state index contributed by atoms with van der Waals surface area (Å²) >= 11 is 0. The van der Waals surface area contributed by atoms with Crippen LogP contribution in [0.25, 0.3) is 0 Å². The van der Waals surface area contributed by atoms with Crippen molar-refractivity contribution in [1.29, 1.82) is 0 Å². The van der Waals surface area contributed by atoms with Gasteiger partial charge in [0, 0.05) is 50.2 Å². The maximum atomic E-state index is 11.7. The molecule has 2 aliphatic heterocycles. The Kier molecular flexibility index (Phi) is 6.34. The second kappa shape index (κ2) is 8.71. The van der Waals surface area contributed by atoms with Crippen LogP contribution in [0.1, 0.15) is 36.0 Å². The molecular formula is C20H30N4O3. The van der Waals surface area contributed by atoms with Crippen molar-refractivity contribution in [2.45, 2.75) is 31.2 Å². The number of ether oxygens (including phenoxy) is 1. The summed E-state index contributed by atoms with van der Waals surface area (Å²) < 4.78 is 5.78. The molecule has 7 heteroatoms. The van der Waals surface area contributed by atoms with Crippen LogP contribution in [0.15, 0.2) is 24.3 Å². The van der Waals surface area contributed by atoms with Crippen LogP contribution in [-0.2, 0) is 4.79 Å². The maximum Gasteiger partial charge on any atom is 0.248 e. The summed E-state index contributed by atoms with van der Waals surface area (Å²) in [5.41, 5.74) is 5.83. The molecule has 1 atom stereocenters. The van der Waals surface area contributed by atoms with Gasteiger partial charge in [0.2, 0.25) is 11.8 Å². The van der Waals surface area contributed by atoms with E-state index in [4.69, 9.17) is 10.5 Å². The summed E-state index contributed by atoms with van der Waals surface area (Å²) in [5.74, 6) is 0.498. The lowest BCUT2D eigenvalue weighted by Gasteiger charge is -2.49. The molecule has 2 heterocycles. The number of likely N-dealkylation sites (N-methyl/N-ethyl adjacent to an activating group) is 1. The number of nitrogens with one attached hydrogen (secondary N) is 1. The lowest BCUT2D eigenvalue weighted by atomic mass is 9.86. The Hall–Kier alpha value is -2.12. The van der Waals surface area contributed by atoms with E-state index < -0.39 is 5.91 Å². The first-order valence-electron chi connectivity index (χ1n) is 9.71. The van der Waals surface area contributed by atoms with Crippen LogP contribution in [0.3, 0.4) is 0 Å². The first kappa shape index (κ1) is 19.6. The van der Waals surface area contributed by atoms with Crippen LogP contribution >= 0.6 is 0 Å². The second-order valence-corrected chi connectivity index (χ2v) is 7.61. The first-order chi connectivity index (χ1) is 13.0. The summed E-state index contributed by atoms with van der Waals surface area (Å²) in [6.07, 6.45) is 3.49. The molecule has 0 unspecified atom stereocenters. The van der Waals surface area contributed by atoms with Gasteiger partial charge in [0.15, 0.2) is 0 Å². The standard InChI is InChI=1S/C20H30N4O3/c1-23-12-13-24(15-20(23)8-7-18(25)22-10-9-20)11-2-14-27-17-5-3-16(4-6-17)19(21)26/h3-6H,2,7-15H2,1H3,(H2,21,26)(H,22,25)/t20-/m0/s1. The van der Waals surface area contributed by atoms with Crippen molar-refractivity contribution >= 4 is 11.8 Å². The Morgan fingerprint density at radius 2 is 2.04 bits per heavy atom. The average molecular weight is 374 g/mol. The number of rotatable bonds is 6. The van der Waals surface area contributed by atoms with Gasteiger partial charge < -0.3 is 20.7 Å². The highest BCUT2D eigenvalue weighted by Gasteiger charge is 2.40. The van der Waals surface area contributed by atoms with E-state index in [0.29, 0.717) is 18.6 Å². The Bertz CT molecular complexity index is 664. The molecule has 1 aromatic rings. The molecule has 0 aromatic heterocycles. The minimum Gasteiger partial charge on any atom is -0.494 e. The number of piperazine rings is 1. The Labute approximate surface area is 160 Å². The molecule has 27 heavy (non-hydrogen) atoms.